The third kappa shape index (κ3) is 11.0. The second-order valence-corrected chi connectivity index (χ2v) is 15.9. The molecule has 0 radical (unpaired) electrons. The monoisotopic (exact) mass is 707 g/mol. The molecule has 0 N–H and O–H groups in total. The predicted octanol–water partition coefficient (Wildman–Crippen LogP) is 14.5. The molecule has 1 unspecified atom stereocenters. The number of hydrogen-bond acceptors (Lipinski definition) is 2. The number of hydrogen-bond donors (Lipinski definition) is 0. The number of allylic oxidation sites excluding steroid dienone is 18. The second-order valence-electron chi connectivity index (χ2n) is 14.4. The molecule has 0 amide bonds. The Morgan fingerprint density at radius 1 is 0.962 bits per heavy atom. The molecule has 0 heterocycles. The zero-order chi connectivity index (χ0) is 37.7. The summed E-state index contributed by atoms with van der Waals surface area (Å²) in [5.41, 5.74) is 15.7. The molecule has 52 heavy (non-hydrogen) atoms. The fraction of sp³-hybridized carbons (Fsp3) is 0.286. The molecule has 2 nitrogen and oxygen atoms in total. The van der Waals surface area contributed by atoms with Gasteiger partial charge in [-0.25, -0.2) is 0 Å². The normalized spacial score (nSPS) is 18.6. The van der Waals surface area contributed by atoms with Gasteiger partial charge in [0.1, 0.15) is 0 Å². The Morgan fingerprint density at radius 2 is 1.67 bits per heavy atom. The van der Waals surface area contributed by atoms with Crippen molar-refractivity contribution >= 4 is 20.6 Å². The van der Waals surface area contributed by atoms with Crippen LogP contribution in [0.15, 0.2) is 178 Å². The SMILES string of the molecule is C=C(C)/C=C(/C)OP[C@]1(C)CC(C(=C)/C=C\C=C(/C)CCc2ccccc2-c2ccccc2C2=C(C)CC=CC=C2)=C(C)C=C1C(=C)N=CCCC. The van der Waals surface area contributed by atoms with E-state index in [0.29, 0.717) is 0 Å². The number of aryl methyl sites for hydroxylation is 1. The van der Waals surface area contributed by atoms with Crippen LogP contribution in [-0.2, 0) is 10.9 Å². The van der Waals surface area contributed by atoms with Gasteiger partial charge in [-0.2, -0.15) is 0 Å². The van der Waals surface area contributed by atoms with Crippen LogP contribution in [0.2, 0.25) is 0 Å². The van der Waals surface area contributed by atoms with Crippen molar-refractivity contribution in [2.45, 2.75) is 92.1 Å². The van der Waals surface area contributed by atoms with Crippen LogP contribution in [0.25, 0.3) is 16.7 Å². The van der Waals surface area contributed by atoms with Crippen molar-refractivity contribution < 1.29 is 4.52 Å². The van der Waals surface area contributed by atoms with E-state index in [1.165, 1.54) is 50.1 Å². The summed E-state index contributed by atoms with van der Waals surface area (Å²) in [7, 11) is 0.200. The number of rotatable bonds is 16. The molecule has 2 aromatic carbocycles. The molecule has 270 valence electrons. The summed E-state index contributed by atoms with van der Waals surface area (Å²) in [5.74, 6) is 0.868. The summed E-state index contributed by atoms with van der Waals surface area (Å²) in [6.45, 7) is 27.9. The molecule has 2 aliphatic carbocycles. The number of unbranched alkanes of at least 4 members (excludes halogenated alkanes) is 1. The van der Waals surface area contributed by atoms with Crippen LogP contribution < -0.4 is 0 Å². The maximum atomic E-state index is 6.33. The topological polar surface area (TPSA) is 21.6 Å². The number of benzene rings is 2. The quantitative estimate of drug-likeness (QED) is 0.0737. The van der Waals surface area contributed by atoms with Gasteiger partial charge in [0.25, 0.3) is 0 Å². The zero-order valence-electron chi connectivity index (χ0n) is 32.6. The Labute approximate surface area is 316 Å². The Kier molecular flexibility index (Phi) is 15.0. The van der Waals surface area contributed by atoms with Crippen molar-refractivity contribution in [3.05, 3.63) is 185 Å². The van der Waals surface area contributed by atoms with Gasteiger partial charge in [0.2, 0.25) is 0 Å². The van der Waals surface area contributed by atoms with Crippen LogP contribution in [-0.4, -0.2) is 11.4 Å². The summed E-state index contributed by atoms with van der Waals surface area (Å²) < 4.78 is 6.33. The van der Waals surface area contributed by atoms with Crippen LogP contribution >= 0.6 is 8.81 Å². The van der Waals surface area contributed by atoms with E-state index in [4.69, 9.17) is 9.52 Å². The summed E-state index contributed by atoms with van der Waals surface area (Å²) in [4.78, 5) is 4.73. The molecule has 0 fully saturated rings. The van der Waals surface area contributed by atoms with Crippen LogP contribution in [0, 0.1) is 0 Å². The Hall–Kier alpha value is -4.52. The van der Waals surface area contributed by atoms with Crippen molar-refractivity contribution in [2.24, 2.45) is 4.99 Å². The molecule has 0 aliphatic heterocycles. The maximum Gasteiger partial charge on any atom is 0.0967 e. The highest BCUT2D eigenvalue weighted by Crippen LogP contribution is 2.51. The lowest BCUT2D eigenvalue weighted by atomic mass is 9.80. The summed E-state index contributed by atoms with van der Waals surface area (Å²) in [6.07, 6.45) is 27.3. The minimum atomic E-state index is -0.285. The van der Waals surface area contributed by atoms with Gasteiger partial charge in [-0.1, -0.05) is 147 Å². The first-order valence-corrected chi connectivity index (χ1v) is 19.5. The highest BCUT2D eigenvalue weighted by molar-refractivity contribution is 7.35. The lowest BCUT2D eigenvalue weighted by molar-refractivity contribution is 0.466. The largest absolute Gasteiger partial charge is 0.481 e. The van der Waals surface area contributed by atoms with E-state index in [1.807, 2.05) is 26.1 Å². The van der Waals surface area contributed by atoms with Crippen molar-refractivity contribution in [2.75, 3.05) is 0 Å². The van der Waals surface area contributed by atoms with E-state index in [0.717, 1.165) is 66.7 Å². The van der Waals surface area contributed by atoms with Crippen LogP contribution in [0.3, 0.4) is 0 Å². The predicted molar refractivity (Wildman–Crippen MR) is 232 cm³/mol. The molecule has 0 saturated heterocycles. The van der Waals surface area contributed by atoms with E-state index in [-0.39, 0.29) is 14.0 Å². The van der Waals surface area contributed by atoms with Crippen molar-refractivity contribution in [3.8, 4) is 11.1 Å². The van der Waals surface area contributed by atoms with Crippen molar-refractivity contribution in [3.63, 3.8) is 0 Å². The van der Waals surface area contributed by atoms with Crippen LogP contribution in [0.1, 0.15) is 91.7 Å². The van der Waals surface area contributed by atoms with Crippen LogP contribution in [0.4, 0.5) is 0 Å². The summed E-state index contributed by atoms with van der Waals surface area (Å²) >= 11 is 0. The van der Waals surface area contributed by atoms with Crippen molar-refractivity contribution in [1.82, 2.24) is 0 Å². The van der Waals surface area contributed by atoms with Gasteiger partial charge in [0.15, 0.2) is 0 Å². The molecule has 2 aliphatic rings. The van der Waals surface area contributed by atoms with E-state index < -0.39 is 0 Å². The van der Waals surface area contributed by atoms with E-state index in [9.17, 15) is 0 Å². The van der Waals surface area contributed by atoms with Crippen LogP contribution in [0.5, 0.6) is 0 Å². The minimum Gasteiger partial charge on any atom is -0.481 e. The molecule has 4 rings (SSSR count). The number of aliphatic imine (C=N–C) groups is 1. The van der Waals surface area contributed by atoms with Gasteiger partial charge in [0.05, 0.1) is 25.4 Å². The number of nitrogens with zero attached hydrogens (tertiary/aromatic N) is 1. The standard InChI is InChI=1S/C49H58NOP/c1-11-12-31-50-41(9)48-33-39(7)47(34-49(48,10)52-51-40(8)32-35(2)3)38(6)23-20-21-36(4)29-30-42-24-16-17-26-44(42)46-28-19-18-27-45(46)43-25-15-13-14-22-37(43)5/h13-21,23-28,31-33,52H,2,6,9,11-12,22,29-30,34H2,1,3-5,7-8,10H3/b23-20-,36-21+,40-32-,50-31?/t49-/m1/s1. The zero-order valence-corrected chi connectivity index (χ0v) is 33.6. The highest BCUT2D eigenvalue weighted by atomic mass is 31.1. The lowest BCUT2D eigenvalue weighted by Gasteiger charge is -2.37. The van der Waals surface area contributed by atoms with Gasteiger partial charge in [-0.3, -0.25) is 4.99 Å². The van der Waals surface area contributed by atoms with Gasteiger partial charge >= 0.3 is 0 Å². The molecule has 0 saturated carbocycles. The van der Waals surface area contributed by atoms with E-state index >= 15 is 0 Å². The Balaban J connectivity index is 1.51. The smallest absolute Gasteiger partial charge is 0.0967 e. The summed E-state index contributed by atoms with van der Waals surface area (Å²) in [6, 6.07) is 17.7. The third-order valence-electron chi connectivity index (χ3n) is 9.60. The Bertz CT molecular complexity index is 1950. The molecule has 3 heteroatoms. The van der Waals surface area contributed by atoms with Crippen molar-refractivity contribution in [1.29, 1.82) is 0 Å². The van der Waals surface area contributed by atoms with E-state index in [2.05, 4.69) is 151 Å². The molecular weight excluding hydrogens is 650 g/mol. The molecular formula is C49H58NOP. The third-order valence-corrected chi connectivity index (χ3v) is 10.9. The average Bonchev–Trinajstić information content (AvgIpc) is 3.34. The first-order chi connectivity index (χ1) is 24.9. The minimum absolute atomic E-state index is 0.200. The molecule has 0 spiro atoms. The molecule has 2 atom stereocenters. The van der Waals surface area contributed by atoms with Gasteiger partial charge < -0.3 is 4.52 Å². The maximum absolute atomic E-state index is 6.33. The first-order valence-electron chi connectivity index (χ1n) is 18.6. The molecule has 0 aromatic heterocycles. The molecule has 2 aromatic rings. The molecule has 0 bridgehead atoms. The van der Waals surface area contributed by atoms with Gasteiger partial charge in [-0.05, 0) is 130 Å². The Morgan fingerprint density at radius 3 is 2.40 bits per heavy atom. The van der Waals surface area contributed by atoms with Gasteiger partial charge in [0, 0.05) is 6.21 Å². The fourth-order valence-electron chi connectivity index (χ4n) is 6.70. The summed E-state index contributed by atoms with van der Waals surface area (Å²) in [5, 5.41) is -0.285. The fourth-order valence-corrected chi connectivity index (χ4v) is 7.72. The van der Waals surface area contributed by atoms with Gasteiger partial charge in [-0.15, -0.1) is 0 Å². The second kappa shape index (κ2) is 19.4. The lowest BCUT2D eigenvalue weighted by Crippen LogP contribution is -2.27. The average molecular weight is 708 g/mol. The first kappa shape index (κ1) is 40.3. The highest BCUT2D eigenvalue weighted by Gasteiger charge is 2.37. The van der Waals surface area contributed by atoms with E-state index in [1.54, 1.807) is 0 Å².